The van der Waals surface area contributed by atoms with Crippen LogP contribution in [0.4, 0.5) is 0 Å². The summed E-state index contributed by atoms with van der Waals surface area (Å²) < 4.78 is 6.91. The van der Waals surface area contributed by atoms with Crippen LogP contribution in [0.1, 0.15) is 42.3 Å². The van der Waals surface area contributed by atoms with Crippen LogP contribution < -0.4 is 15.7 Å². The number of aromatic nitrogens is 2. The fourth-order valence-electron chi connectivity index (χ4n) is 3.83. The summed E-state index contributed by atoms with van der Waals surface area (Å²) in [5.41, 5.74) is 3.97. The number of fused-ring (bicyclic) bond motifs is 3. The average molecular weight is 519 g/mol. The minimum atomic E-state index is -0.782. The highest BCUT2D eigenvalue weighted by Gasteiger charge is 2.25. The van der Waals surface area contributed by atoms with Crippen molar-refractivity contribution in [3.05, 3.63) is 49.3 Å². The fraction of sp³-hybridized carbons (Fsp3) is 0.364. The number of hydrogen-bond donors (Lipinski definition) is 2. The molecule has 4 rings (SSSR count). The predicted molar refractivity (Wildman–Crippen MR) is 128 cm³/mol. The lowest BCUT2D eigenvalue weighted by Gasteiger charge is -2.18. The molecule has 0 bridgehead atoms. The lowest BCUT2D eigenvalue weighted by atomic mass is 9.89. The molecule has 10 heteroatoms. The number of benzene rings is 1. The second-order valence-corrected chi connectivity index (χ2v) is 9.89. The molecule has 168 valence electrons. The molecule has 32 heavy (non-hydrogen) atoms. The number of phenolic OH excluding ortho intramolecular Hbond substituents is 1. The highest BCUT2D eigenvalue weighted by Crippen LogP contribution is 2.36. The summed E-state index contributed by atoms with van der Waals surface area (Å²) in [6.45, 7) is 3.86. The Balaban J connectivity index is 1.54. The number of aromatic hydroxyl groups is 1. The Morgan fingerprint density at radius 2 is 2.28 bits per heavy atom. The Bertz CT molecular complexity index is 1280. The van der Waals surface area contributed by atoms with Crippen molar-refractivity contribution in [2.24, 2.45) is 11.0 Å². The number of amides is 1. The number of carbonyl (C=O) groups is 1. The molecule has 2 aromatic heterocycles. The van der Waals surface area contributed by atoms with E-state index in [4.69, 9.17) is 4.74 Å². The third kappa shape index (κ3) is 4.16. The first-order chi connectivity index (χ1) is 15.3. The van der Waals surface area contributed by atoms with Gasteiger partial charge in [0.1, 0.15) is 10.9 Å². The highest BCUT2D eigenvalue weighted by molar-refractivity contribution is 9.10. The van der Waals surface area contributed by atoms with Gasteiger partial charge in [0.25, 0.3) is 11.5 Å². The van der Waals surface area contributed by atoms with Gasteiger partial charge in [0.2, 0.25) is 0 Å². The summed E-state index contributed by atoms with van der Waals surface area (Å²) in [5.74, 6) is 0.427. The van der Waals surface area contributed by atoms with E-state index in [-0.39, 0.29) is 17.1 Å². The molecule has 1 aliphatic carbocycles. The van der Waals surface area contributed by atoms with E-state index in [1.165, 1.54) is 29.1 Å². The van der Waals surface area contributed by atoms with Gasteiger partial charge < -0.3 is 9.84 Å². The summed E-state index contributed by atoms with van der Waals surface area (Å²) >= 11 is 4.83. The van der Waals surface area contributed by atoms with E-state index in [0.29, 0.717) is 21.3 Å². The zero-order valence-electron chi connectivity index (χ0n) is 17.9. The summed E-state index contributed by atoms with van der Waals surface area (Å²) in [5, 5.41) is 14.5. The number of thiophene rings is 1. The Morgan fingerprint density at radius 3 is 3.03 bits per heavy atom. The molecule has 0 spiro atoms. The molecule has 8 nitrogen and oxygen atoms in total. The number of hydrazone groups is 1. The van der Waals surface area contributed by atoms with Gasteiger partial charge in [0.05, 0.1) is 29.5 Å². The van der Waals surface area contributed by atoms with Crippen LogP contribution in [0.15, 0.2) is 32.8 Å². The minimum Gasteiger partial charge on any atom is -0.503 e. The maximum absolute atomic E-state index is 13.2. The second-order valence-electron chi connectivity index (χ2n) is 7.95. The maximum atomic E-state index is 13.2. The van der Waals surface area contributed by atoms with Crippen molar-refractivity contribution in [3.63, 3.8) is 0 Å². The topological polar surface area (TPSA) is 106 Å². The van der Waals surface area contributed by atoms with Crippen LogP contribution in [0, 0.1) is 5.92 Å². The standard InChI is InChI=1S/C22H23BrN4O4S/c1-11-4-5-14-17(6-11)32-21-18(14)22(30)27(10-24-21)12(2)20(29)26-25-9-13-7-15(23)19(28)16(8-13)31-3/h7-12,28H,4-6H2,1-3H3,(H,26,29)/b25-9+/t11-,12-/m1/s1. The smallest absolute Gasteiger partial charge is 0.263 e. The third-order valence-corrected chi connectivity index (χ3v) is 7.46. The Morgan fingerprint density at radius 1 is 1.50 bits per heavy atom. The number of hydrogen-bond acceptors (Lipinski definition) is 7. The van der Waals surface area contributed by atoms with E-state index in [1.807, 2.05) is 0 Å². The van der Waals surface area contributed by atoms with Crippen molar-refractivity contribution < 1.29 is 14.6 Å². The lowest BCUT2D eigenvalue weighted by Crippen LogP contribution is -2.34. The van der Waals surface area contributed by atoms with Crippen LogP contribution in [0.3, 0.4) is 0 Å². The number of nitrogens with one attached hydrogen (secondary N) is 1. The summed E-state index contributed by atoms with van der Waals surface area (Å²) in [7, 11) is 1.44. The molecule has 1 aliphatic rings. The first kappa shape index (κ1) is 22.5. The van der Waals surface area contributed by atoms with Gasteiger partial charge in [-0.1, -0.05) is 6.92 Å². The SMILES string of the molecule is COc1cc(/C=N/NC(=O)[C@@H](C)n2cnc3sc4c(c3c2=O)CC[C@@H](C)C4)cc(Br)c1O. The van der Waals surface area contributed by atoms with E-state index in [9.17, 15) is 14.7 Å². The zero-order chi connectivity index (χ0) is 23.0. The Hall–Kier alpha value is -2.72. The molecule has 3 aromatic rings. The first-order valence-corrected chi connectivity index (χ1v) is 11.8. The third-order valence-electron chi connectivity index (χ3n) is 5.70. The van der Waals surface area contributed by atoms with Gasteiger partial charge in [-0.2, -0.15) is 5.10 Å². The Labute approximate surface area is 197 Å². The molecule has 1 aromatic carbocycles. The van der Waals surface area contributed by atoms with Crippen molar-refractivity contribution in [2.75, 3.05) is 7.11 Å². The average Bonchev–Trinajstić information content (AvgIpc) is 3.14. The number of methoxy groups -OCH3 is 1. The zero-order valence-corrected chi connectivity index (χ0v) is 20.3. The van der Waals surface area contributed by atoms with Crippen LogP contribution in [0.5, 0.6) is 11.5 Å². The van der Waals surface area contributed by atoms with E-state index in [1.54, 1.807) is 30.4 Å². The molecule has 0 aliphatic heterocycles. The molecule has 2 atom stereocenters. The highest BCUT2D eigenvalue weighted by atomic mass is 79.9. The molecule has 0 radical (unpaired) electrons. The van der Waals surface area contributed by atoms with E-state index in [2.05, 4.69) is 38.4 Å². The number of rotatable bonds is 5. The molecular formula is C22H23BrN4O4S. The normalized spacial score (nSPS) is 16.8. The number of aryl methyl sites for hydroxylation is 1. The summed E-state index contributed by atoms with van der Waals surface area (Å²) in [6.07, 6.45) is 5.76. The molecule has 2 heterocycles. The van der Waals surface area contributed by atoms with E-state index < -0.39 is 11.9 Å². The van der Waals surface area contributed by atoms with Crippen LogP contribution >= 0.6 is 27.3 Å². The van der Waals surface area contributed by atoms with Crippen molar-refractivity contribution >= 4 is 49.6 Å². The molecule has 0 saturated carbocycles. The Kier molecular flexibility index (Phi) is 6.34. The molecular weight excluding hydrogens is 496 g/mol. The van der Waals surface area contributed by atoms with Gasteiger partial charge in [-0.25, -0.2) is 10.4 Å². The monoisotopic (exact) mass is 518 g/mol. The number of halogens is 1. The number of nitrogens with zero attached hydrogens (tertiary/aromatic N) is 3. The van der Waals surface area contributed by atoms with Gasteiger partial charge in [-0.05, 0) is 71.3 Å². The molecule has 0 unspecified atom stereocenters. The van der Waals surface area contributed by atoms with Crippen molar-refractivity contribution in [1.82, 2.24) is 15.0 Å². The summed E-state index contributed by atoms with van der Waals surface area (Å²) in [6, 6.07) is 2.44. The van der Waals surface area contributed by atoms with Crippen LogP contribution in [-0.4, -0.2) is 33.9 Å². The fourth-order valence-corrected chi connectivity index (χ4v) is 5.63. The summed E-state index contributed by atoms with van der Waals surface area (Å²) in [4.78, 5) is 32.3. The van der Waals surface area contributed by atoms with E-state index >= 15 is 0 Å². The lowest BCUT2D eigenvalue weighted by molar-refractivity contribution is -0.123. The molecule has 2 N–H and O–H groups in total. The van der Waals surface area contributed by atoms with Crippen LogP contribution in [-0.2, 0) is 17.6 Å². The van der Waals surface area contributed by atoms with Crippen molar-refractivity contribution in [3.8, 4) is 11.5 Å². The van der Waals surface area contributed by atoms with Gasteiger partial charge >= 0.3 is 0 Å². The van der Waals surface area contributed by atoms with Crippen molar-refractivity contribution in [2.45, 2.75) is 39.2 Å². The number of carbonyl (C=O) groups excluding carboxylic acids is 1. The van der Waals surface area contributed by atoms with Gasteiger partial charge in [0, 0.05) is 4.88 Å². The molecule has 0 saturated heterocycles. The largest absolute Gasteiger partial charge is 0.503 e. The quantitative estimate of drug-likeness (QED) is 0.395. The minimum absolute atomic E-state index is 0.0188. The molecule has 1 amide bonds. The van der Waals surface area contributed by atoms with Gasteiger partial charge in [-0.3, -0.25) is 14.2 Å². The van der Waals surface area contributed by atoms with Crippen molar-refractivity contribution in [1.29, 1.82) is 0 Å². The second kappa shape index (κ2) is 9.03. The van der Waals surface area contributed by atoms with Gasteiger partial charge in [-0.15, -0.1) is 11.3 Å². The first-order valence-electron chi connectivity index (χ1n) is 10.2. The molecule has 0 fully saturated rings. The number of ether oxygens (including phenoxy) is 1. The number of phenols is 1. The van der Waals surface area contributed by atoms with Crippen LogP contribution in [0.2, 0.25) is 0 Å². The maximum Gasteiger partial charge on any atom is 0.263 e. The predicted octanol–water partition coefficient (Wildman–Crippen LogP) is 3.77. The van der Waals surface area contributed by atoms with Crippen LogP contribution in [0.25, 0.3) is 10.2 Å². The van der Waals surface area contributed by atoms with E-state index in [0.717, 1.165) is 29.7 Å². The van der Waals surface area contributed by atoms with Gasteiger partial charge in [0.15, 0.2) is 11.5 Å².